The van der Waals surface area contributed by atoms with E-state index in [4.69, 9.17) is 9.26 Å². The third-order valence-electron chi connectivity index (χ3n) is 5.27. The molecule has 0 radical (unpaired) electrons. The van der Waals surface area contributed by atoms with Crippen molar-refractivity contribution in [3.05, 3.63) is 47.3 Å². The Bertz CT molecular complexity index is 757. The number of benzene rings is 1. The maximum absolute atomic E-state index is 12.6. The zero-order chi connectivity index (χ0) is 18.1. The summed E-state index contributed by atoms with van der Waals surface area (Å²) in [4.78, 5) is 16.8. The van der Waals surface area contributed by atoms with Crippen molar-refractivity contribution in [2.45, 2.75) is 32.5 Å². The van der Waals surface area contributed by atoms with Gasteiger partial charge in [-0.3, -0.25) is 4.90 Å². The molecule has 2 saturated heterocycles. The maximum atomic E-state index is 12.6. The number of morpholine rings is 1. The van der Waals surface area contributed by atoms with Crippen LogP contribution in [0.25, 0.3) is 0 Å². The van der Waals surface area contributed by atoms with Crippen LogP contribution in [0.2, 0.25) is 0 Å². The molecule has 2 fully saturated rings. The lowest BCUT2D eigenvalue weighted by Crippen LogP contribution is -2.50. The van der Waals surface area contributed by atoms with Gasteiger partial charge in [-0.25, -0.2) is 4.79 Å². The van der Waals surface area contributed by atoms with Gasteiger partial charge in [0.1, 0.15) is 5.76 Å². The van der Waals surface area contributed by atoms with E-state index in [0.717, 1.165) is 35.8 Å². The normalized spacial score (nSPS) is 23.1. The van der Waals surface area contributed by atoms with E-state index >= 15 is 0 Å². The first-order valence-electron chi connectivity index (χ1n) is 9.00. The van der Waals surface area contributed by atoms with Crippen molar-refractivity contribution >= 4 is 11.7 Å². The van der Waals surface area contributed by atoms with Gasteiger partial charge in [0.05, 0.1) is 31.0 Å². The Kier molecular flexibility index (Phi) is 4.65. The summed E-state index contributed by atoms with van der Waals surface area (Å²) in [6, 6.07) is 9.65. The number of likely N-dealkylation sites (tertiary alicyclic amines) is 1. The molecule has 2 aliphatic rings. The Morgan fingerprint density at radius 1 is 1.27 bits per heavy atom. The molecule has 0 aliphatic carbocycles. The summed E-state index contributed by atoms with van der Waals surface area (Å²) >= 11 is 0. The van der Waals surface area contributed by atoms with Crippen molar-refractivity contribution in [3.63, 3.8) is 0 Å². The van der Waals surface area contributed by atoms with Crippen molar-refractivity contribution in [2.24, 2.45) is 0 Å². The number of nitrogens with one attached hydrogen (secondary N) is 1. The molecule has 3 heterocycles. The van der Waals surface area contributed by atoms with Gasteiger partial charge in [-0.1, -0.05) is 23.4 Å². The molecule has 1 N–H and O–H groups in total. The molecule has 0 unspecified atom stereocenters. The van der Waals surface area contributed by atoms with Crippen LogP contribution in [-0.2, 0) is 11.3 Å². The highest BCUT2D eigenvalue weighted by Crippen LogP contribution is 2.26. The molecule has 4 rings (SSSR count). The molecule has 138 valence electrons. The summed E-state index contributed by atoms with van der Waals surface area (Å²) in [5.41, 5.74) is 2.88. The summed E-state index contributed by atoms with van der Waals surface area (Å²) in [5, 5.41) is 7.01. The Morgan fingerprint density at radius 3 is 2.81 bits per heavy atom. The van der Waals surface area contributed by atoms with Gasteiger partial charge in [-0.05, 0) is 26.0 Å². The number of hydrogen-bond acceptors (Lipinski definition) is 5. The predicted molar refractivity (Wildman–Crippen MR) is 96.9 cm³/mol. The number of urea groups is 1. The number of fused-ring (bicyclic) bond motifs is 1. The Hall–Kier alpha value is -2.38. The van der Waals surface area contributed by atoms with Crippen molar-refractivity contribution in [2.75, 3.05) is 31.6 Å². The first-order chi connectivity index (χ1) is 12.6. The summed E-state index contributed by atoms with van der Waals surface area (Å²) < 4.78 is 11.2. The third kappa shape index (κ3) is 3.32. The quantitative estimate of drug-likeness (QED) is 0.914. The van der Waals surface area contributed by atoms with E-state index < -0.39 is 0 Å². The monoisotopic (exact) mass is 356 g/mol. The van der Waals surface area contributed by atoms with E-state index in [1.165, 1.54) is 0 Å². The Labute approximate surface area is 152 Å². The summed E-state index contributed by atoms with van der Waals surface area (Å²) in [6.45, 7) is 7.49. The van der Waals surface area contributed by atoms with Gasteiger partial charge in [0.15, 0.2) is 0 Å². The molecule has 2 amide bonds. The van der Waals surface area contributed by atoms with Crippen LogP contribution >= 0.6 is 0 Å². The zero-order valence-electron chi connectivity index (χ0n) is 15.1. The van der Waals surface area contributed by atoms with E-state index in [1.54, 1.807) is 0 Å². The number of rotatable bonds is 3. The topological polar surface area (TPSA) is 70.8 Å². The number of carbonyl (C=O) groups excluding carboxylic acids is 1. The van der Waals surface area contributed by atoms with Crippen LogP contribution in [0.1, 0.15) is 17.0 Å². The number of nitrogens with zero attached hydrogens (tertiary/aromatic N) is 3. The number of anilines is 1. The fourth-order valence-electron chi connectivity index (χ4n) is 3.78. The minimum Gasteiger partial charge on any atom is -0.373 e. The Morgan fingerprint density at radius 2 is 2.08 bits per heavy atom. The van der Waals surface area contributed by atoms with Gasteiger partial charge < -0.3 is 19.5 Å². The minimum atomic E-state index is -0.0773. The van der Waals surface area contributed by atoms with Crippen molar-refractivity contribution < 1.29 is 14.1 Å². The lowest BCUT2D eigenvalue weighted by molar-refractivity contribution is -0.0504. The second kappa shape index (κ2) is 7.09. The maximum Gasteiger partial charge on any atom is 0.321 e. The van der Waals surface area contributed by atoms with Crippen LogP contribution in [-0.4, -0.2) is 59.4 Å². The SMILES string of the molecule is Cc1noc(C)c1CN1CCO[C@H]2CN(C(=O)Nc3ccccc3)C[C@H]21. The zero-order valence-corrected chi connectivity index (χ0v) is 15.1. The second-order valence-electron chi connectivity index (χ2n) is 6.95. The second-order valence-corrected chi connectivity index (χ2v) is 6.95. The van der Waals surface area contributed by atoms with Crippen LogP contribution in [0.4, 0.5) is 10.5 Å². The van der Waals surface area contributed by atoms with Gasteiger partial charge in [0, 0.05) is 30.9 Å². The van der Waals surface area contributed by atoms with Crippen molar-refractivity contribution in [1.82, 2.24) is 15.0 Å². The van der Waals surface area contributed by atoms with Crippen LogP contribution in [0.15, 0.2) is 34.9 Å². The molecule has 7 heteroatoms. The molecule has 7 nitrogen and oxygen atoms in total. The fraction of sp³-hybridized carbons (Fsp3) is 0.474. The number of amides is 2. The lowest BCUT2D eigenvalue weighted by Gasteiger charge is -2.36. The van der Waals surface area contributed by atoms with Crippen LogP contribution in [0, 0.1) is 13.8 Å². The smallest absolute Gasteiger partial charge is 0.321 e. The van der Waals surface area contributed by atoms with Crippen LogP contribution in [0.3, 0.4) is 0 Å². The molecule has 2 atom stereocenters. The average molecular weight is 356 g/mol. The lowest BCUT2D eigenvalue weighted by atomic mass is 10.1. The molecule has 0 saturated carbocycles. The van der Waals surface area contributed by atoms with Gasteiger partial charge in [-0.2, -0.15) is 0 Å². The van der Waals surface area contributed by atoms with E-state index in [1.807, 2.05) is 49.1 Å². The summed E-state index contributed by atoms with van der Waals surface area (Å²) in [5.74, 6) is 0.863. The van der Waals surface area contributed by atoms with Gasteiger partial charge >= 0.3 is 6.03 Å². The molecule has 2 aromatic rings. The van der Waals surface area contributed by atoms with Gasteiger partial charge in [0.2, 0.25) is 0 Å². The number of para-hydroxylation sites is 1. The minimum absolute atomic E-state index is 0.0470. The highest BCUT2D eigenvalue weighted by Gasteiger charge is 2.42. The first-order valence-corrected chi connectivity index (χ1v) is 9.00. The number of aromatic nitrogens is 1. The Balaban J connectivity index is 1.43. The molecule has 1 aromatic carbocycles. The number of carbonyl (C=O) groups is 1. The molecule has 0 spiro atoms. The summed E-state index contributed by atoms with van der Waals surface area (Å²) in [6.07, 6.45) is 0.0470. The van der Waals surface area contributed by atoms with Gasteiger partial charge in [0.25, 0.3) is 0 Å². The number of aryl methyl sites for hydroxylation is 2. The highest BCUT2D eigenvalue weighted by molar-refractivity contribution is 5.89. The highest BCUT2D eigenvalue weighted by atomic mass is 16.5. The third-order valence-corrected chi connectivity index (χ3v) is 5.27. The molecule has 0 bridgehead atoms. The molecule has 26 heavy (non-hydrogen) atoms. The predicted octanol–water partition coefficient (Wildman–Crippen LogP) is 2.41. The van der Waals surface area contributed by atoms with E-state index in [9.17, 15) is 4.79 Å². The summed E-state index contributed by atoms with van der Waals surface area (Å²) in [7, 11) is 0. The van der Waals surface area contributed by atoms with Crippen molar-refractivity contribution in [1.29, 1.82) is 0 Å². The standard InChI is InChI=1S/C19H24N4O3/c1-13-16(14(2)26-21-13)10-22-8-9-25-18-12-23(11-17(18)22)19(24)20-15-6-4-3-5-7-15/h3-7,17-18H,8-12H2,1-2H3,(H,20,24)/t17-,18+/m1/s1. The molecule has 2 aliphatic heterocycles. The fourth-order valence-corrected chi connectivity index (χ4v) is 3.78. The van der Waals surface area contributed by atoms with Gasteiger partial charge in [-0.15, -0.1) is 0 Å². The van der Waals surface area contributed by atoms with E-state index in [2.05, 4.69) is 15.4 Å². The molecular weight excluding hydrogens is 332 g/mol. The number of hydrogen-bond donors (Lipinski definition) is 1. The molecular formula is C19H24N4O3. The number of ether oxygens (including phenoxy) is 1. The van der Waals surface area contributed by atoms with Crippen molar-refractivity contribution in [3.8, 4) is 0 Å². The average Bonchev–Trinajstić information content (AvgIpc) is 3.22. The molecule has 1 aromatic heterocycles. The van der Waals surface area contributed by atoms with Crippen LogP contribution in [0.5, 0.6) is 0 Å². The van der Waals surface area contributed by atoms with E-state index in [-0.39, 0.29) is 18.2 Å². The first kappa shape index (κ1) is 17.1. The van der Waals surface area contributed by atoms with Crippen LogP contribution < -0.4 is 5.32 Å². The van der Waals surface area contributed by atoms with E-state index in [0.29, 0.717) is 19.7 Å². The largest absolute Gasteiger partial charge is 0.373 e.